The van der Waals surface area contributed by atoms with Crippen LogP contribution < -0.4 is 56.2 Å². The van der Waals surface area contributed by atoms with Gasteiger partial charge in [-0.25, -0.2) is 24.0 Å². The third-order valence-corrected chi connectivity index (χ3v) is 28.3. The van der Waals surface area contributed by atoms with Crippen LogP contribution in [0.15, 0.2) is 91.6 Å². The van der Waals surface area contributed by atoms with Crippen molar-refractivity contribution < 1.29 is 74.7 Å². The predicted molar refractivity (Wildman–Crippen MR) is 483 cm³/mol. The molecule has 20 atom stereocenters. The van der Waals surface area contributed by atoms with Gasteiger partial charge in [-0.1, -0.05) is 40.2 Å². The van der Waals surface area contributed by atoms with Crippen LogP contribution in [-0.4, -0.2) is 319 Å². The van der Waals surface area contributed by atoms with E-state index < -0.39 is 213 Å². The lowest BCUT2D eigenvalue weighted by Crippen LogP contribution is -2.38. The Morgan fingerprint density at radius 3 is 0.867 bits per heavy atom. The zero-order valence-electron chi connectivity index (χ0n) is 71.8. The molecule has 0 aliphatic carbocycles. The molecule has 0 saturated carbocycles. The number of allylic oxidation sites excluding steroid dienone is 1. The van der Waals surface area contributed by atoms with Crippen molar-refractivity contribution in [2.75, 3.05) is 97.5 Å². The summed E-state index contributed by atoms with van der Waals surface area (Å²) in [6, 6.07) is 0. The van der Waals surface area contributed by atoms with Gasteiger partial charge >= 0.3 is 28.4 Å². The number of ether oxygens (including phenoxy) is 5. The Balaban J connectivity index is 0.000000233. The first-order chi connectivity index (χ1) is 55.7. The van der Waals surface area contributed by atoms with Crippen molar-refractivity contribution in [1.82, 2.24) is 47.8 Å². The van der Waals surface area contributed by atoms with Crippen LogP contribution in [0.5, 0.6) is 0 Å². The van der Waals surface area contributed by atoms with E-state index in [1.165, 1.54) is 49.3 Å². The van der Waals surface area contributed by atoms with Crippen molar-refractivity contribution in [3.8, 4) is 0 Å². The maximum atomic E-state index is 12.2. The number of rotatable bonds is 30. The fourth-order valence-corrected chi connectivity index (χ4v) is 18.8. The summed E-state index contributed by atoms with van der Waals surface area (Å²) in [6.45, 7) is 26.9. The van der Waals surface area contributed by atoms with Gasteiger partial charge in [0.1, 0.15) is 79.4 Å². The van der Waals surface area contributed by atoms with E-state index >= 15 is 0 Å². The number of hydrogen-bond donors (Lipinski definition) is 15. The molecule has 15 N–H and O–H groups in total. The van der Waals surface area contributed by atoms with E-state index in [2.05, 4.69) is 130 Å². The van der Waals surface area contributed by atoms with Gasteiger partial charge in [0.05, 0.1) is 47.2 Å². The van der Waals surface area contributed by atoms with E-state index in [1.54, 1.807) is 13.0 Å². The highest BCUT2D eigenvalue weighted by atomic mass is 31.2. The van der Waals surface area contributed by atoms with E-state index in [0.29, 0.717) is 82.1 Å². The van der Waals surface area contributed by atoms with Crippen molar-refractivity contribution >= 4 is 65.9 Å². The quantitative estimate of drug-likeness (QED) is 0.0223. The molecule has 5 aromatic heterocycles. The molecule has 40 heteroatoms. The summed E-state index contributed by atoms with van der Waals surface area (Å²) in [5.41, 5.74) is -4.11. The molecule has 5 aliphatic rings. The zero-order valence-corrected chi connectivity index (χ0v) is 76.2. The topological polar surface area (TPSA) is 523 Å². The highest BCUT2D eigenvalue weighted by Gasteiger charge is 2.49. The van der Waals surface area contributed by atoms with Gasteiger partial charge in [0.25, 0.3) is 27.8 Å². The standard InChI is InChI=1S/C17H27N2O5P.3C16H27N2O5P.C15H25N2O5P/c1-5-6-8-19-10-11(16(22)18-17(19)23)15-14(21)13(20)12(24-15)7-9-25(2,3)4;2*1-5-7-18-9-10(15(21)17-16(18)22)14-13(20)12(19)11(23-14)6-8-24(2,3)4;1-5-6-10-9-18(16(22)17-14(10)21)15-13(20)12(19)11(23-15)7-8-24(2,3)4;1-5-9-8-17(15(21)16-13(9)20)14-12(19)11(18)10(22-14)6-7-23(2,3)4/h5,10,12-15,20-21H,1-2,6-9H2,3-4H3,(H,18,22,23);2*9,11-14,19-20H,2,5-8H2,1,3-4H3,(H,17,21,22);9,11-13,15,19-20H,2,5-8H2,1,3-4H3,(H,17,21,22);8,10-12,14,18-19H,2,5-7H2,1,3-4H3,(H,16,20,21)/t12-,13-,14-,15+;2*11-,12-,13-,14+;11-,12-,13-,15-;10-,11-,12-,14-/m11111/s1. The molecule has 0 unspecified atom stereocenters. The second kappa shape index (κ2) is 44.3. The summed E-state index contributed by atoms with van der Waals surface area (Å²) in [5, 5.41) is 103. The van der Waals surface area contributed by atoms with Crippen LogP contribution in [0, 0.1) is 0 Å². The minimum atomic E-state index is -1.29. The molecule has 5 aliphatic heterocycles. The highest BCUT2D eigenvalue weighted by molar-refractivity contribution is 7.73. The number of aromatic nitrogens is 10. The van der Waals surface area contributed by atoms with Gasteiger partial charge < -0.3 is 83.9 Å². The first kappa shape index (κ1) is 103. The molecule has 0 amide bonds. The van der Waals surface area contributed by atoms with Gasteiger partial charge in [-0.05, 0) is 162 Å². The Morgan fingerprint density at radius 2 is 0.600 bits per heavy atom. The Labute approximate surface area is 698 Å². The molecule has 5 saturated heterocycles. The van der Waals surface area contributed by atoms with Crippen molar-refractivity contribution in [3.05, 3.63) is 176 Å². The maximum Gasteiger partial charge on any atom is 0.330 e. The second-order valence-electron chi connectivity index (χ2n) is 35.0. The zero-order chi connectivity index (χ0) is 90.3. The monoisotopic (exact) mass is 1790 g/mol. The molecule has 10 rings (SSSR count). The van der Waals surface area contributed by atoms with E-state index in [-0.39, 0.29) is 16.7 Å². The Morgan fingerprint density at radius 1 is 0.342 bits per heavy atom. The smallest absolute Gasteiger partial charge is 0.330 e. The molecule has 678 valence electrons. The van der Waals surface area contributed by atoms with Crippen molar-refractivity contribution in [2.24, 2.45) is 0 Å². The van der Waals surface area contributed by atoms with E-state index in [9.17, 15) is 99.0 Å². The number of aliphatic hydroxyl groups is 10. The first-order valence-corrected chi connectivity index (χ1v) is 55.7. The van der Waals surface area contributed by atoms with Crippen LogP contribution in [0.3, 0.4) is 0 Å². The van der Waals surface area contributed by atoms with E-state index in [1.807, 2.05) is 20.8 Å². The van der Waals surface area contributed by atoms with Crippen LogP contribution in [0.4, 0.5) is 0 Å². The minimum absolute atomic E-state index is 0.140. The number of hydrogen-bond acceptors (Lipinski definition) is 25. The Hall–Kier alpha value is -5.96. The largest absolute Gasteiger partial charge is 0.388 e. The summed E-state index contributed by atoms with van der Waals surface area (Å²) in [6.07, 6.45) is 21.0. The molecule has 5 fully saturated rings. The van der Waals surface area contributed by atoms with Crippen LogP contribution in [0.25, 0.3) is 0 Å². The normalized spacial score (nSPS) is 27.5. The maximum absolute atomic E-state index is 12.2. The van der Waals surface area contributed by atoms with Crippen molar-refractivity contribution in [3.63, 3.8) is 0 Å². The summed E-state index contributed by atoms with van der Waals surface area (Å²) in [7, 11) is 0. The number of nitrogens with zero attached hydrogens (tertiary/aromatic N) is 5. The average Bonchev–Trinajstić information content (AvgIpc) is 1.66. The van der Waals surface area contributed by atoms with Crippen LogP contribution >= 0.6 is 34.4 Å². The molecule has 0 spiro atoms. The third-order valence-electron chi connectivity index (χ3n) is 20.9. The average molecular weight is 1790 g/mol. The van der Waals surface area contributed by atoms with Crippen molar-refractivity contribution in [1.29, 1.82) is 0 Å². The van der Waals surface area contributed by atoms with Crippen LogP contribution in [0.2, 0.25) is 0 Å². The van der Waals surface area contributed by atoms with Gasteiger partial charge in [0.15, 0.2) is 12.5 Å². The number of nitrogens with one attached hydrogen (secondary N) is 5. The lowest BCUT2D eigenvalue weighted by molar-refractivity contribution is -0.0404. The molecule has 0 radical (unpaired) electrons. The van der Waals surface area contributed by atoms with Gasteiger partial charge in [-0.3, -0.25) is 62.6 Å². The molecule has 120 heavy (non-hydrogen) atoms. The fourth-order valence-electron chi connectivity index (χ4n) is 14.0. The SMILES string of the molecule is C=CCCn1cc([C@@H]2O[C@H](CCP(=C)(C)C)[C@@H](O)[C@H]2O)c(=O)[nH]c1=O.C=P(C)(C)CC[C@H]1O[C@@H](c2cn(CCC)c(=O)[nH]c2=O)[C@H](O)[C@@H]1O.C=P(C)(C)CC[C@H]1O[C@@H](c2cn(CCC)c(=O)[nH]c2=O)[C@H](O)[C@@H]1O.C=P(C)(C)CC[C@H]1O[C@@H](n2cc(CC)c(=O)[nH]c2=O)[C@H](O)[C@@H]1O.C=P(C)(C)CC[C@H]1O[C@@H](n2cc(CCC)c(=O)[nH]c2=O)[C@H](O)[C@@H]1O. The van der Waals surface area contributed by atoms with Gasteiger partial charge in [0.2, 0.25) is 0 Å². The predicted octanol–water partition coefficient (Wildman–Crippen LogP) is 0.814. The lowest BCUT2D eigenvalue weighted by Gasteiger charge is -2.19. The number of H-pyrrole nitrogens is 5. The van der Waals surface area contributed by atoms with Crippen LogP contribution in [-0.2, 0) is 56.2 Å². The summed E-state index contributed by atoms with van der Waals surface area (Å²) >= 11 is 0. The minimum Gasteiger partial charge on any atom is -0.388 e. The van der Waals surface area contributed by atoms with Gasteiger partial charge in [-0.2, -0.15) is 0 Å². The first-order valence-electron chi connectivity index (χ1n) is 40.4. The second-order valence-corrected chi connectivity index (χ2v) is 56.6. The Bertz CT molecular complexity index is 4870. The van der Waals surface area contributed by atoms with E-state index in [0.717, 1.165) is 54.6 Å². The molecule has 0 bridgehead atoms. The molecule has 5 aromatic rings. The summed E-state index contributed by atoms with van der Waals surface area (Å²) < 4.78 is 35.2. The van der Waals surface area contributed by atoms with E-state index in [4.69, 9.17) is 23.7 Å². The Kier molecular flexibility index (Phi) is 37.9. The molecular formula is C80H133N10O25P5. The lowest BCUT2D eigenvalue weighted by atomic mass is 10.0. The molecule has 35 nitrogen and oxygen atoms in total. The number of aryl methyl sites for hydroxylation is 5. The third kappa shape index (κ3) is 28.8. The number of aliphatic hydroxyl groups excluding tert-OH is 10. The fraction of sp³-hybridized carbons (Fsp3) is 0.662. The molecule has 0 aromatic carbocycles. The molecule has 10 heterocycles. The van der Waals surface area contributed by atoms with Gasteiger partial charge in [-0.15, -0.1) is 72.5 Å². The molecular weight excluding hydrogens is 1660 g/mol. The van der Waals surface area contributed by atoms with Gasteiger partial charge in [0, 0.05) is 61.7 Å². The highest BCUT2D eigenvalue weighted by Crippen LogP contribution is 2.45. The summed E-state index contributed by atoms with van der Waals surface area (Å²) in [4.78, 5) is 131. The number of aromatic amines is 5. The van der Waals surface area contributed by atoms with Crippen LogP contribution in [0.1, 0.15) is 144 Å². The van der Waals surface area contributed by atoms with Crippen molar-refractivity contribution in [2.45, 2.75) is 240 Å². The summed E-state index contributed by atoms with van der Waals surface area (Å²) in [5.74, 6) is 0.